The van der Waals surface area contributed by atoms with E-state index >= 15 is 0 Å². The van der Waals surface area contributed by atoms with Crippen LogP contribution in [-0.2, 0) is 11.4 Å². The van der Waals surface area contributed by atoms with Gasteiger partial charge in [-0.25, -0.2) is 4.79 Å². The lowest BCUT2D eigenvalue weighted by Gasteiger charge is -2.06. The van der Waals surface area contributed by atoms with E-state index in [4.69, 9.17) is 9.84 Å². The number of pyridine rings is 1. The Morgan fingerprint density at radius 1 is 1.26 bits per heavy atom. The highest BCUT2D eigenvalue weighted by atomic mass is 16.5. The first-order valence-electron chi connectivity index (χ1n) is 5.77. The highest BCUT2D eigenvalue weighted by molar-refractivity contribution is 5.85. The van der Waals surface area contributed by atoms with Gasteiger partial charge in [0, 0.05) is 12.3 Å². The molecule has 0 unspecified atom stereocenters. The summed E-state index contributed by atoms with van der Waals surface area (Å²) in [5.41, 5.74) is 1.75. The SMILES string of the molecule is O=C(O)C=Cc1cncc(OCc2ccccc2)c1. The molecule has 0 amide bonds. The third-order valence-corrected chi connectivity index (χ3v) is 2.40. The van der Waals surface area contributed by atoms with Crippen LogP contribution in [0.15, 0.2) is 54.9 Å². The summed E-state index contributed by atoms with van der Waals surface area (Å²) in [6.07, 6.45) is 5.72. The molecule has 0 saturated carbocycles. The van der Waals surface area contributed by atoms with Crippen molar-refractivity contribution < 1.29 is 14.6 Å². The third-order valence-electron chi connectivity index (χ3n) is 2.40. The minimum atomic E-state index is -0.990. The second-order valence-corrected chi connectivity index (χ2v) is 3.90. The topological polar surface area (TPSA) is 59.4 Å². The fraction of sp³-hybridized carbons (Fsp3) is 0.0667. The van der Waals surface area contributed by atoms with Gasteiger partial charge in [-0.05, 0) is 23.3 Å². The Labute approximate surface area is 111 Å². The minimum Gasteiger partial charge on any atom is -0.487 e. The third kappa shape index (κ3) is 4.27. The zero-order chi connectivity index (χ0) is 13.5. The summed E-state index contributed by atoms with van der Waals surface area (Å²) in [6, 6.07) is 11.5. The van der Waals surface area contributed by atoms with E-state index in [1.807, 2.05) is 30.3 Å². The van der Waals surface area contributed by atoms with Gasteiger partial charge in [-0.1, -0.05) is 30.3 Å². The molecule has 1 aromatic heterocycles. The van der Waals surface area contributed by atoms with Crippen LogP contribution in [-0.4, -0.2) is 16.1 Å². The predicted octanol–water partition coefficient (Wildman–Crippen LogP) is 2.76. The second kappa shape index (κ2) is 6.35. The molecule has 1 N–H and O–H groups in total. The summed E-state index contributed by atoms with van der Waals surface area (Å²) in [5.74, 6) is -0.382. The molecule has 0 bridgehead atoms. The molecular formula is C15H13NO3. The number of carbonyl (C=O) groups is 1. The van der Waals surface area contributed by atoms with Crippen molar-refractivity contribution in [3.8, 4) is 5.75 Å². The molecule has 1 aromatic carbocycles. The van der Waals surface area contributed by atoms with Crippen molar-refractivity contribution in [2.45, 2.75) is 6.61 Å². The number of hydrogen-bond donors (Lipinski definition) is 1. The zero-order valence-electron chi connectivity index (χ0n) is 10.2. The number of hydrogen-bond acceptors (Lipinski definition) is 3. The van der Waals surface area contributed by atoms with Crippen molar-refractivity contribution in [1.29, 1.82) is 0 Å². The molecule has 1 heterocycles. The maximum atomic E-state index is 10.4. The molecule has 0 aliphatic heterocycles. The molecule has 0 saturated heterocycles. The molecule has 4 heteroatoms. The summed E-state index contributed by atoms with van der Waals surface area (Å²) in [4.78, 5) is 14.4. The quantitative estimate of drug-likeness (QED) is 0.834. The number of benzene rings is 1. The smallest absolute Gasteiger partial charge is 0.328 e. The Balaban J connectivity index is 2.01. The van der Waals surface area contributed by atoms with Crippen LogP contribution in [0, 0.1) is 0 Å². The summed E-state index contributed by atoms with van der Waals surface area (Å²) in [5, 5.41) is 8.56. The predicted molar refractivity (Wildman–Crippen MR) is 71.7 cm³/mol. The molecule has 96 valence electrons. The monoisotopic (exact) mass is 255 g/mol. The van der Waals surface area contributed by atoms with Crippen molar-refractivity contribution in [1.82, 2.24) is 4.98 Å². The number of carboxylic acids is 1. The van der Waals surface area contributed by atoms with Gasteiger partial charge in [-0.15, -0.1) is 0 Å². The Morgan fingerprint density at radius 3 is 2.79 bits per heavy atom. The zero-order valence-corrected chi connectivity index (χ0v) is 10.2. The van der Waals surface area contributed by atoms with Crippen LogP contribution in [0.25, 0.3) is 6.08 Å². The van der Waals surface area contributed by atoms with Crippen molar-refractivity contribution in [3.63, 3.8) is 0 Å². The lowest BCUT2D eigenvalue weighted by molar-refractivity contribution is -0.131. The first-order chi connectivity index (χ1) is 9.24. The molecule has 0 spiro atoms. The number of ether oxygens (including phenoxy) is 1. The molecular weight excluding hydrogens is 242 g/mol. The molecule has 0 radical (unpaired) electrons. The normalized spacial score (nSPS) is 10.5. The van der Waals surface area contributed by atoms with E-state index in [1.54, 1.807) is 18.5 Å². The van der Waals surface area contributed by atoms with Gasteiger partial charge in [-0.2, -0.15) is 0 Å². The highest BCUT2D eigenvalue weighted by Crippen LogP contribution is 2.14. The Kier molecular flexibility index (Phi) is 4.29. The molecule has 0 fully saturated rings. The lowest BCUT2D eigenvalue weighted by Crippen LogP contribution is -1.95. The molecule has 0 atom stereocenters. The van der Waals surface area contributed by atoms with Crippen molar-refractivity contribution >= 4 is 12.0 Å². The number of carboxylic acid groups (broad SMARTS) is 1. The van der Waals surface area contributed by atoms with E-state index in [0.717, 1.165) is 11.6 Å². The molecule has 4 nitrogen and oxygen atoms in total. The lowest BCUT2D eigenvalue weighted by atomic mass is 10.2. The average molecular weight is 255 g/mol. The Bertz CT molecular complexity index is 579. The van der Waals surface area contributed by atoms with Crippen LogP contribution in [0.4, 0.5) is 0 Å². The largest absolute Gasteiger partial charge is 0.487 e. The van der Waals surface area contributed by atoms with Crippen molar-refractivity contribution in [2.75, 3.05) is 0 Å². The first kappa shape index (κ1) is 12.8. The summed E-state index contributed by atoms with van der Waals surface area (Å²) in [7, 11) is 0. The fourth-order valence-corrected chi connectivity index (χ4v) is 1.51. The maximum Gasteiger partial charge on any atom is 0.328 e. The van der Waals surface area contributed by atoms with Crippen molar-refractivity contribution in [3.05, 3.63) is 66.0 Å². The molecule has 19 heavy (non-hydrogen) atoms. The van der Waals surface area contributed by atoms with Crippen LogP contribution in [0.2, 0.25) is 0 Å². The average Bonchev–Trinajstić information content (AvgIpc) is 2.44. The van der Waals surface area contributed by atoms with Crippen molar-refractivity contribution in [2.24, 2.45) is 0 Å². The van der Waals surface area contributed by atoms with E-state index in [2.05, 4.69) is 4.98 Å². The first-order valence-corrected chi connectivity index (χ1v) is 5.77. The van der Waals surface area contributed by atoms with Gasteiger partial charge < -0.3 is 9.84 Å². The Hall–Kier alpha value is -2.62. The molecule has 0 aliphatic carbocycles. The Morgan fingerprint density at radius 2 is 2.05 bits per heavy atom. The van der Waals surface area contributed by atoms with E-state index in [0.29, 0.717) is 17.9 Å². The number of aliphatic carboxylic acids is 1. The van der Waals surface area contributed by atoms with Crippen LogP contribution in [0.1, 0.15) is 11.1 Å². The van der Waals surface area contributed by atoms with E-state index in [9.17, 15) is 4.79 Å². The summed E-state index contributed by atoms with van der Waals surface area (Å²) in [6.45, 7) is 0.453. The van der Waals surface area contributed by atoms with Crippen LogP contribution < -0.4 is 4.74 Å². The van der Waals surface area contributed by atoms with Crippen LogP contribution in [0.5, 0.6) is 5.75 Å². The molecule has 0 aliphatic rings. The number of rotatable bonds is 5. The van der Waals surface area contributed by atoms with E-state index in [1.165, 1.54) is 6.08 Å². The number of nitrogens with zero attached hydrogens (tertiary/aromatic N) is 1. The second-order valence-electron chi connectivity index (χ2n) is 3.90. The summed E-state index contributed by atoms with van der Waals surface area (Å²) >= 11 is 0. The molecule has 2 aromatic rings. The van der Waals surface area contributed by atoms with Gasteiger partial charge in [0.25, 0.3) is 0 Å². The fourth-order valence-electron chi connectivity index (χ4n) is 1.51. The molecule has 2 rings (SSSR count). The highest BCUT2D eigenvalue weighted by Gasteiger charge is 1.97. The van der Waals surface area contributed by atoms with Gasteiger partial charge >= 0.3 is 5.97 Å². The van der Waals surface area contributed by atoms with Gasteiger partial charge in [0.15, 0.2) is 0 Å². The van der Waals surface area contributed by atoms with Gasteiger partial charge in [0.1, 0.15) is 12.4 Å². The standard InChI is InChI=1S/C15H13NO3/c17-15(18)7-6-13-8-14(10-16-9-13)19-11-12-4-2-1-3-5-12/h1-10H,11H2,(H,17,18). The van der Waals surface area contributed by atoms with E-state index in [-0.39, 0.29) is 0 Å². The minimum absolute atomic E-state index is 0.453. The van der Waals surface area contributed by atoms with Gasteiger partial charge in [0.05, 0.1) is 6.20 Å². The van der Waals surface area contributed by atoms with E-state index < -0.39 is 5.97 Å². The maximum absolute atomic E-state index is 10.4. The van der Waals surface area contributed by atoms with Crippen LogP contribution in [0.3, 0.4) is 0 Å². The van der Waals surface area contributed by atoms with Gasteiger partial charge in [0.2, 0.25) is 0 Å². The summed E-state index contributed by atoms with van der Waals surface area (Å²) < 4.78 is 5.60. The van der Waals surface area contributed by atoms with Gasteiger partial charge in [-0.3, -0.25) is 4.98 Å². The van der Waals surface area contributed by atoms with Crippen LogP contribution >= 0.6 is 0 Å². The number of aromatic nitrogens is 1.